The van der Waals surface area contributed by atoms with Crippen LogP contribution in [0.2, 0.25) is 0 Å². The van der Waals surface area contributed by atoms with Gasteiger partial charge in [0.15, 0.2) is 0 Å². The van der Waals surface area contributed by atoms with Crippen LogP contribution >= 0.6 is 0 Å². The predicted molar refractivity (Wildman–Crippen MR) is 63.6 cm³/mol. The molecule has 0 aliphatic carbocycles. The van der Waals surface area contributed by atoms with E-state index in [1.807, 2.05) is 0 Å². The summed E-state index contributed by atoms with van der Waals surface area (Å²) in [6.45, 7) is 0.0525. The zero-order chi connectivity index (χ0) is 14.0. The maximum atomic E-state index is 13.1. The molecule has 1 aromatic heterocycles. The molecule has 2 aromatic rings. The Hall–Kier alpha value is -1.80. The van der Waals surface area contributed by atoms with E-state index >= 15 is 0 Å². The molecule has 0 atom stereocenters. The number of rotatable bonds is 4. The molecular formula is C11H11F2N3O2S. The number of hydrogen-bond acceptors (Lipinski definition) is 3. The summed E-state index contributed by atoms with van der Waals surface area (Å²) >= 11 is 0. The maximum Gasteiger partial charge on any atom is 0.243 e. The summed E-state index contributed by atoms with van der Waals surface area (Å²) in [6, 6.07) is 2.18. The topological polar surface area (TPSA) is 66.1 Å². The minimum Gasteiger partial charge on any atom is -0.285 e. The first kappa shape index (κ1) is 13.6. The lowest BCUT2D eigenvalue weighted by Gasteiger charge is -2.16. The highest BCUT2D eigenvalue weighted by atomic mass is 32.2. The summed E-state index contributed by atoms with van der Waals surface area (Å²) in [7, 11) is -2.62. The van der Waals surface area contributed by atoms with Gasteiger partial charge in [0.1, 0.15) is 11.6 Å². The second-order valence-corrected chi connectivity index (χ2v) is 6.02. The Labute approximate surface area is 108 Å². The third-order valence-corrected chi connectivity index (χ3v) is 4.29. The zero-order valence-corrected chi connectivity index (χ0v) is 10.8. The van der Waals surface area contributed by atoms with Gasteiger partial charge < -0.3 is 0 Å². The van der Waals surface area contributed by atoms with Gasteiger partial charge in [-0.2, -0.15) is 9.40 Å². The van der Waals surface area contributed by atoms with E-state index in [1.54, 1.807) is 0 Å². The highest BCUT2D eigenvalue weighted by Gasteiger charge is 2.22. The van der Waals surface area contributed by atoms with Gasteiger partial charge in [0.25, 0.3) is 0 Å². The summed E-state index contributed by atoms with van der Waals surface area (Å²) in [6.07, 6.45) is 3.01. The predicted octanol–water partition coefficient (Wildman–Crippen LogP) is 1.51. The number of hydrogen-bond donors (Lipinski definition) is 1. The first-order valence-corrected chi connectivity index (χ1v) is 6.73. The molecule has 0 unspecified atom stereocenters. The zero-order valence-electron chi connectivity index (χ0n) is 9.97. The van der Waals surface area contributed by atoms with Crippen molar-refractivity contribution in [3.05, 3.63) is 47.8 Å². The molecule has 2 rings (SSSR count). The van der Waals surface area contributed by atoms with Crippen molar-refractivity contribution < 1.29 is 17.2 Å². The van der Waals surface area contributed by atoms with Gasteiger partial charge in [0, 0.05) is 31.4 Å². The molecule has 0 amide bonds. The van der Waals surface area contributed by atoms with E-state index in [2.05, 4.69) is 10.2 Å². The molecule has 0 fully saturated rings. The van der Waals surface area contributed by atoms with Crippen LogP contribution in [0, 0.1) is 11.6 Å². The van der Waals surface area contributed by atoms with E-state index in [0.717, 1.165) is 16.4 Å². The number of nitrogens with zero attached hydrogens (tertiary/aromatic N) is 2. The fourth-order valence-corrected chi connectivity index (χ4v) is 2.77. The highest BCUT2D eigenvalue weighted by Crippen LogP contribution is 2.18. The normalized spacial score (nSPS) is 12.0. The summed E-state index contributed by atoms with van der Waals surface area (Å²) in [4.78, 5) is -0.420. The molecule has 1 aromatic carbocycles. The third-order valence-electron chi connectivity index (χ3n) is 2.50. The average Bonchev–Trinajstić information content (AvgIpc) is 2.80. The summed E-state index contributed by atoms with van der Waals surface area (Å²) in [5.41, 5.74) is 0.642. The van der Waals surface area contributed by atoms with Gasteiger partial charge in [-0.1, -0.05) is 0 Å². The van der Waals surface area contributed by atoms with Gasteiger partial charge in [0.2, 0.25) is 10.0 Å². The smallest absolute Gasteiger partial charge is 0.243 e. The van der Waals surface area contributed by atoms with Crippen LogP contribution < -0.4 is 0 Å². The number of H-pyrrole nitrogens is 1. The van der Waals surface area contributed by atoms with E-state index in [-0.39, 0.29) is 6.54 Å². The van der Waals surface area contributed by atoms with Crippen molar-refractivity contribution in [3.8, 4) is 0 Å². The third kappa shape index (κ3) is 2.96. The van der Waals surface area contributed by atoms with Gasteiger partial charge in [-0.05, 0) is 12.1 Å². The van der Waals surface area contributed by atoms with Gasteiger partial charge in [-0.25, -0.2) is 17.2 Å². The van der Waals surface area contributed by atoms with Crippen molar-refractivity contribution >= 4 is 10.0 Å². The van der Waals surface area contributed by atoms with E-state index in [1.165, 1.54) is 19.4 Å². The Balaban J connectivity index is 2.31. The quantitative estimate of drug-likeness (QED) is 0.927. The Kier molecular flexibility index (Phi) is 3.63. The second kappa shape index (κ2) is 5.06. The molecule has 0 saturated carbocycles. The monoisotopic (exact) mass is 287 g/mol. The van der Waals surface area contributed by atoms with Crippen LogP contribution in [0.4, 0.5) is 8.78 Å². The minimum absolute atomic E-state index is 0.0525. The standard InChI is InChI=1S/C11H11F2N3O2S/c1-16(7-8-5-14-15-6-8)19(17,18)11-3-9(12)2-10(13)4-11/h2-6H,7H2,1H3,(H,14,15). The Bertz CT molecular complexity index is 651. The van der Waals surface area contributed by atoms with Crippen LogP contribution in [0.15, 0.2) is 35.5 Å². The molecule has 0 spiro atoms. The molecular weight excluding hydrogens is 276 g/mol. The van der Waals surface area contributed by atoms with Crippen LogP contribution in [0.3, 0.4) is 0 Å². The number of sulfonamides is 1. The average molecular weight is 287 g/mol. The number of halogens is 2. The van der Waals surface area contributed by atoms with E-state index in [0.29, 0.717) is 11.6 Å². The largest absolute Gasteiger partial charge is 0.285 e. The summed E-state index contributed by atoms with van der Waals surface area (Å²) in [5.74, 6) is -1.87. The lowest BCUT2D eigenvalue weighted by Crippen LogP contribution is -2.26. The number of benzene rings is 1. The van der Waals surface area contributed by atoms with Crippen LogP contribution in [0.1, 0.15) is 5.56 Å². The Morgan fingerprint density at radius 2 is 1.89 bits per heavy atom. The van der Waals surface area contributed by atoms with Crippen molar-refractivity contribution in [2.75, 3.05) is 7.05 Å². The van der Waals surface area contributed by atoms with Crippen molar-refractivity contribution in [2.24, 2.45) is 0 Å². The van der Waals surface area contributed by atoms with Gasteiger partial charge >= 0.3 is 0 Å². The molecule has 0 radical (unpaired) electrons. The first-order chi connectivity index (χ1) is 8.89. The van der Waals surface area contributed by atoms with Crippen molar-refractivity contribution in [3.63, 3.8) is 0 Å². The highest BCUT2D eigenvalue weighted by molar-refractivity contribution is 7.89. The Morgan fingerprint density at radius 1 is 1.26 bits per heavy atom. The van der Waals surface area contributed by atoms with Gasteiger partial charge in [-0.3, -0.25) is 5.10 Å². The number of aromatic nitrogens is 2. The first-order valence-electron chi connectivity index (χ1n) is 5.29. The molecule has 0 saturated heterocycles. The molecule has 1 N–H and O–H groups in total. The maximum absolute atomic E-state index is 13.1. The van der Waals surface area contributed by atoms with Crippen molar-refractivity contribution in [1.82, 2.24) is 14.5 Å². The van der Waals surface area contributed by atoms with Crippen LogP contribution in [-0.2, 0) is 16.6 Å². The molecule has 0 aliphatic heterocycles. The van der Waals surface area contributed by atoms with Crippen LogP contribution in [0.5, 0.6) is 0 Å². The number of nitrogens with one attached hydrogen (secondary N) is 1. The molecule has 1 heterocycles. The molecule has 19 heavy (non-hydrogen) atoms. The fraction of sp³-hybridized carbons (Fsp3) is 0.182. The van der Waals surface area contributed by atoms with Crippen molar-refractivity contribution in [2.45, 2.75) is 11.4 Å². The summed E-state index contributed by atoms with van der Waals surface area (Å²) in [5, 5.41) is 6.24. The number of aromatic amines is 1. The Morgan fingerprint density at radius 3 is 2.42 bits per heavy atom. The lowest BCUT2D eigenvalue weighted by atomic mass is 10.3. The van der Waals surface area contributed by atoms with Crippen LogP contribution in [0.25, 0.3) is 0 Å². The van der Waals surface area contributed by atoms with Gasteiger partial charge in [-0.15, -0.1) is 0 Å². The molecule has 102 valence electrons. The van der Waals surface area contributed by atoms with Crippen molar-refractivity contribution in [1.29, 1.82) is 0 Å². The second-order valence-electron chi connectivity index (χ2n) is 3.97. The van der Waals surface area contributed by atoms with Crippen LogP contribution in [-0.4, -0.2) is 30.0 Å². The van der Waals surface area contributed by atoms with Gasteiger partial charge in [0.05, 0.1) is 11.1 Å². The molecule has 5 nitrogen and oxygen atoms in total. The van der Waals surface area contributed by atoms with E-state index in [4.69, 9.17) is 0 Å². The lowest BCUT2D eigenvalue weighted by molar-refractivity contribution is 0.464. The molecule has 0 aliphatic rings. The summed E-state index contributed by atoms with van der Waals surface area (Å²) < 4.78 is 51.4. The molecule has 0 bridgehead atoms. The van der Waals surface area contributed by atoms with E-state index < -0.39 is 26.6 Å². The molecule has 8 heteroatoms. The minimum atomic E-state index is -3.95. The fourth-order valence-electron chi connectivity index (χ4n) is 1.56. The van der Waals surface area contributed by atoms with E-state index in [9.17, 15) is 17.2 Å². The SMILES string of the molecule is CN(Cc1cn[nH]c1)S(=O)(=O)c1cc(F)cc(F)c1.